The highest BCUT2D eigenvalue weighted by Crippen LogP contribution is 2.67. The second kappa shape index (κ2) is 11.1. The molecule has 7 aliphatic rings. The van der Waals surface area contributed by atoms with E-state index in [-0.39, 0.29) is 12.1 Å². The molecule has 0 aromatic rings. The van der Waals surface area contributed by atoms with Gasteiger partial charge in [-0.2, -0.15) is 0 Å². The first kappa shape index (κ1) is 28.3. The van der Waals surface area contributed by atoms with Gasteiger partial charge in [-0.05, 0) is 129 Å². The Morgan fingerprint density at radius 3 is 2.51 bits per heavy atom. The monoisotopic (exact) mass is 537 g/mol. The number of esters is 1. The Morgan fingerprint density at radius 2 is 1.79 bits per heavy atom. The van der Waals surface area contributed by atoms with Crippen molar-refractivity contribution in [2.24, 2.45) is 58.2 Å². The summed E-state index contributed by atoms with van der Waals surface area (Å²) in [5, 5.41) is 0. The first-order chi connectivity index (χ1) is 18.7. The van der Waals surface area contributed by atoms with Gasteiger partial charge < -0.3 is 9.64 Å². The fourth-order valence-electron chi connectivity index (χ4n) is 11.5. The van der Waals surface area contributed by atoms with Gasteiger partial charge in [0.1, 0.15) is 6.10 Å². The molecule has 3 aliphatic heterocycles. The van der Waals surface area contributed by atoms with Gasteiger partial charge in [-0.3, -0.25) is 4.79 Å². The highest BCUT2D eigenvalue weighted by atomic mass is 16.5. The fraction of sp³-hybridized carbons (Fsp3) is 0.917. The lowest BCUT2D eigenvalue weighted by molar-refractivity contribution is -0.154. The number of carbonyl (C=O) groups is 1. The first-order valence-corrected chi connectivity index (χ1v) is 17.3. The molecule has 2 bridgehead atoms. The molecule has 9 atom stereocenters. The summed E-state index contributed by atoms with van der Waals surface area (Å²) >= 11 is 0. The maximum atomic E-state index is 13.0. The summed E-state index contributed by atoms with van der Waals surface area (Å²) in [6.45, 7) is 16.2. The van der Waals surface area contributed by atoms with Crippen molar-refractivity contribution in [2.45, 2.75) is 131 Å². The van der Waals surface area contributed by atoms with Crippen molar-refractivity contribution in [1.29, 1.82) is 0 Å². The van der Waals surface area contributed by atoms with Gasteiger partial charge in [0.15, 0.2) is 0 Å². The van der Waals surface area contributed by atoms with Crippen molar-refractivity contribution in [2.75, 3.05) is 19.6 Å². The zero-order valence-electron chi connectivity index (χ0n) is 26.1. The van der Waals surface area contributed by atoms with Crippen molar-refractivity contribution >= 4 is 5.97 Å². The first-order valence-electron chi connectivity index (χ1n) is 17.3. The van der Waals surface area contributed by atoms with Crippen LogP contribution < -0.4 is 0 Å². The minimum absolute atomic E-state index is 0.0876. The van der Waals surface area contributed by atoms with E-state index in [0.29, 0.717) is 23.2 Å². The molecule has 0 radical (unpaired) electrons. The summed E-state index contributed by atoms with van der Waals surface area (Å²) in [6.07, 6.45) is 20.6. The molecule has 3 heteroatoms. The Hall–Kier alpha value is -0.830. The molecule has 220 valence electrons. The minimum atomic E-state index is 0.0876. The number of rotatable bonds is 8. The Morgan fingerprint density at radius 1 is 1.00 bits per heavy atom. The summed E-state index contributed by atoms with van der Waals surface area (Å²) in [5.74, 6) is 6.66. The van der Waals surface area contributed by atoms with E-state index < -0.39 is 0 Å². The van der Waals surface area contributed by atoms with Gasteiger partial charge in [-0.25, -0.2) is 0 Å². The van der Waals surface area contributed by atoms with Crippen LogP contribution in [0.2, 0.25) is 0 Å². The standard InChI is InChI=1S/C36H59NO2/c1-24(2)7-6-8-25(3)31-11-12-32-30-10-9-28-22-29(13-17-35(28,4)33(30)14-18-36(31,32)5)39-34(38)21-27-23-37-19-15-26(27)16-20-37/h9,24-27,29-33H,6-8,10-23H2,1-5H3. The van der Waals surface area contributed by atoms with E-state index in [0.717, 1.165) is 60.8 Å². The third-order valence-corrected chi connectivity index (χ3v) is 13.8. The minimum Gasteiger partial charge on any atom is -0.462 e. The van der Waals surface area contributed by atoms with Gasteiger partial charge >= 0.3 is 5.97 Å². The van der Waals surface area contributed by atoms with E-state index in [2.05, 4.69) is 45.6 Å². The van der Waals surface area contributed by atoms with Crippen LogP contribution in [0.3, 0.4) is 0 Å². The number of nitrogens with zero attached hydrogens (tertiary/aromatic N) is 1. The van der Waals surface area contributed by atoms with E-state index in [1.54, 1.807) is 5.57 Å². The lowest BCUT2D eigenvalue weighted by Crippen LogP contribution is -2.51. The predicted octanol–water partition coefficient (Wildman–Crippen LogP) is 8.67. The maximum absolute atomic E-state index is 13.0. The van der Waals surface area contributed by atoms with E-state index >= 15 is 0 Å². The molecule has 0 spiro atoms. The summed E-state index contributed by atoms with van der Waals surface area (Å²) in [5.41, 5.74) is 2.54. The van der Waals surface area contributed by atoms with Crippen molar-refractivity contribution in [3.05, 3.63) is 11.6 Å². The van der Waals surface area contributed by atoms with Crippen LogP contribution in [0.15, 0.2) is 11.6 Å². The zero-order chi connectivity index (χ0) is 27.4. The SMILES string of the molecule is CC(C)CCCC(C)C1CCC2C3CC=C4CC(OC(=O)CC5CN6CCC5CC6)CCC4(C)C3CCC12C. The molecular weight excluding hydrogens is 478 g/mol. The number of hydrogen-bond donors (Lipinski definition) is 0. The van der Waals surface area contributed by atoms with Crippen LogP contribution in [0.25, 0.3) is 0 Å². The Balaban J connectivity index is 1.07. The second-order valence-corrected chi connectivity index (χ2v) is 16.2. The molecule has 7 rings (SSSR count). The van der Waals surface area contributed by atoms with E-state index in [4.69, 9.17) is 4.74 Å². The molecule has 39 heavy (non-hydrogen) atoms. The van der Waals surface area contributed by atoms with Crippen LogP contribution in [-0.2, 0) is 9.53 Å². The lowest BCUT2D eigenvalue weighted by Gasteiger charge is -2.58. The molecule has 3 saturated carbocycles. The summed E-state index contributed by atoms with van der Waals surface area (Å²) < 4.78 is 6.21. The van der Waals surface area contributed by atoms with Crippen LogP contribution in [0, 0.1) is 58.2 Å². The highest BCUT2D eigenvalue weighted by molar-refractivity contribution is 5.70. The van der Waals surface area contributed by atoms with Gasteiger partial charge in [0.2, 0.25) is 0 Å². The molecule has 3 heterocycles. The number of allylic oxidation sites excluding steroid dienone is 1. The number of fused-ring (bicyclic) bond motifs is 8. The zero-order valence-corrected chi connectivity index (χ0v) is 26.1. The van der Waals surface area contributed by atoms with Crippen LogP contribution in [0.4, 0.5) is 0 Å². The second-order valence-electron chi connectivity index (χ2n) is 16.2. The summed E-state index contributed by atoms with van der Waals surface area (Å²) in [6, 6.07) is 0. The smallest absolute Gasteiger partial charge is 0.306 e. The predicted molar refractivity (Wildman–Crippen MR) is 160 cm³/mol. The third-order valence-electron chi connectivity index (χ3n) is 13.8. The molecule has 3 nitrogen and oxygen atoms in total. The number of piperidine rings is 3. The molecule has 0 amide bonds. The average molecular weight is 538 g/mol. The quantitative estimate of drug-likeness (QED) is 0.229. The lowest BCUT2D eigenvalue weighted by atomic mass is 9.47. The molecule has 0 aromatic heterocycles. The van der Waals surface area contributed by atoms with Crippen molar-refractivity contribution < 1.29 is 9.53 Å². The molecule has 6 fully saturated rings. The normalized spacial score (nSPS) is 45.7. The molecule has 0 aromatic carbocycles. The van der Waals surface area contributed by atoms with Crippen LogP contribution >= 0.6 is 0 Å². The maximum Gasteiger partial charge on any atom is 0.306 e. The molecule has 0 N–H and O–H groups in total. The van der Waals surface area contributed by atoms with Crippen molar-refractivity contribution in [1.82, 2.24) is 4.90 Å². The van der Waals surface area contributed by atoms with Crippen LogP contribution in [-0.4, -0.2) is 36.6 Å². The third kappa shape index (κ3) is 5.30. The van der Waals surface area contributed by atoms with E-state index in [1.165, 1.54) is 83.7 Å². The molecule has 4 aliphatic carbocycles. The summed E-state index contributed by atoms with van der Waals surface area (Å²) in [7, 11) is 0. The van der Waals surface area contributed by atoms with Crippen molar-refractivity contribution in [3.63, 3.8) is 0 Å². The number of carbonyl (C=O) groups excluding carboxylic acids is 1. The number of hydrogen-bond acceptors (Lipinski definition) is 3. The highest BCUT2D eigenvalue weighted by Gasteiger charge is 2.59. The van der Waals surface area contributed by atoms with Gasteiger partial charge in [0.25, 0.3) is 0 Å². The Bertz CT molecular complexity index is 917. The van der Waals surface area contributed by atoms with Gasteiger partial charge in [0, 0.05) is 19.4 Å². The van der Waals surface area contributed by atoms with Crippen molar-refractivity contribution in [3.8, 4) is 0 Å². The van der Waals surface area contributed by atoms with E-state index in [9.17, 15) is 4.79 Å². The van der Waals surface area contributed by atoms with E-state index in [1.807, 2.05) is 0 Å². The van der Waals surface area contributed by atoms with Gasteiger partial charge in [-0.15, -0.1) is 0 Å². The topological polar surface area (TPSA) is 29.5 Å². The van der Waals surface area contributed by atoms with Crippen LogP contribution in [0.5, 0.6) is 0 Å². The summed E-state index contributed by atoms with van der Waals surface area (Å²) in [4.78, 5) is 15.6. The average Bonchev–Trinajstić information content (AvgIpc) is 3.26. The Labute approximate surface area is 240 Å². The van der Waals surface area contributed by atoms with Crippen LogP contribution in [0.1, 0.15) is 125 Å². The molecule has 9 unspecified atom stereocenters. The Kier molecular flexibility index (Phi) is 8.06. The van der Waals surface area contributed by atoms with Gasteiger partial charge in [0.05, 0.1) is 0 Å². The molecular formula is C36H59NO2. The van der Waals surface area contributed by atoms with Gasteiger partial charge in [-0.1, -0.05) is 65.5 Å². The largest absolute Gasteiger partial charge is 0.462 e. The molecule has 3 saturated heterocycles. The fourth-order valence-corrected chi connectivity index (χ4v) is 11.5. The number of ether oxygens (including phenoxy) is 1.